The molecule has 1 aliphatic heterocycles. The van der Waals surface area contributed by atoms with Crippen LogP contribution in [0, 0.1) is 0 Å². The zero-order valence-corrected chi connectivity index (χ0v) is 14.6. The second-order valence-electron chi connectivity index (χ2n) is 6.11. The standard InChI is InChI=1S/C20H20N2O4/c1-13(2)21-20(24)15-5-3-4-6-16(15)22-19(23)10-8-14-7-9-17-18(11-14)26-12-25-17/h3-11,13H,12H2,1-2H3,(H,21,24)(H,22,23)/b10-8+. The van der Waals surface area contributed by atoms with E-state index < -0.39 is 0 Å². The van der Waals surface area contributed by atoms with Gasteiger partial charge in [0.05, 0.1) is 11.3 Å². The fourth-order valence-corrected chi connectivity index (χ4v) is 2.49. The summed E-state index contributed by atoms with van der Waals surface area (Å²) in [6.45, 7) is 3.97. The van der Waals surface area contributed by atoms with Crippen molar-refractivity contribution >= 4 is 23.6 Å². The van der Waals surface area contributed by atoms with Crippen LogP contribution in [0.25, 0.3) is 6.08 Å². The highest BCUT2D eigenvalue weighted by Gasteiger charge is 2.14. The summed E-state index contributed by atoms with van der Waals surface area (Å²) in [7, 11) is 0. The van der Waals surface area contributed by atoms with Gasteiger partial charge in [0.2, 0.25) is 12.7 Å². The van der Waals surface area contributed by atoms with Gasteiger partial charge in [-0.1, -0.05) is 18.2 Å². The van der Waals surface area contributed by atoms with Gasteiger partial charge in [0.1, 0.15) is 0 Å². The summed E-state index contributed by atoms with van der Waals surface area (Å²) in [5.74, 6) is 0.795. The molecule has 0 saturated heterocycles. The molecule has 6 nitrogen and oxygen atoms in total. The van der Waals surface area contributed by atoms with Crippen LogP contribution < -0.4 is 20.1 Å². The second-order valence-corrected chi connectivity index (χ2v) is 6.11. The van der Waals surface area contributed by atoms with Crippen LogP contribution in [0.1, 0.15) is 29.8 Å². The first-order valence-electron chi connectivity index (χ1n) is 8.31. The minimum absolute atomic E-state index is 0.0113. The third-order valence-electron chi connectivity index (χ3n) is 3.67. The van der Waals surface area contributed by atoms with Gasteiger partial charge >= 0.3 is 0 Å². The lowest BCUT2D eigenvalue weighted by Gasteiger charge is -2.12. The molecule has 2 N–H and O–H groups in total. The zero-order valence-electron chi connectivity index (χ0n) is 14.6. The molecule has 2 aromatic rings. The van der Waals surface area contributed by atoms with E-state index in [1.807, 2.05) is 19.9 Å². The van der Waals surface area contributed by atoms with Gasteiger partial charge in [-0.3, -0.25) is 9.59 Å². The molecule has 26 heavy (non-hydrogen) atoms. The third kappa shape index (κ3) is 4.22. The predicted molar refractivity (Wildman–Crippen MR) is 99.3 cm³/mol. The third-order valence-corrected chi connectivity index (χ3v) is 3.67. The van der Waals surface area contributed by atoms with Crippen LogP contribution in [0.15, 0.2) is 48.5 Å². The molecule has 0 fully saturated rings. The minimum Gasteiger partial charge on any atom is -0.454 e. The van der Waals surface area contributed by atoms with E-state index in [0.29, 0.717) is 22.7 Å². The summed E-state index contributed by atoms with van der Waals surface area (Å²) < 4.78 is 10.6. The molecule has 0 radical (unpaired) electrons. The van der Waals surface area contributed by atoms with E-state index in [2.05, 4.69) is 10.6 Å². The van der Waals surface area contributed by atoms with Crippen LogP contribution in [0.5, 0.6) is 11.5 Å². The molecule has 0 atom stereocenters. The molecule has 0 saturated carbocycles. The molecule has 0 aliphatic carbocycles. The Kier molecular flexibility index (Phi) is 5.22. The molecular formula is C20H20N2O4. The summed E-state index contributed by atoms with van der Waals surface area (Å²) in [4.78, 5) is 24.5. The normalized spacial score (nSPS) is 12.4. The van der Waals surface area contributed by atoms with Gasteiger partial charge in [-0.05, 0) is 49.8 Å². The molecule has 0 unspecified atom stereocenters. The number of carbonyl (C=O) groups excluding carboxylic acids is 2. The number of benzene rings is 2. The molecule has 134 valence electrons. The molecule has 0 aromatic heterocycles. The summed E-state index contributed by atoms with van der Waals surface area (Å²) in [6, 6.07) is 12.3. The summed E-state index contributed by atoms with van der Waals surface area (Å²) in [6.07, 6.45) is 3.09. The van der Waals surface area contributed by atoms with Crippen molar-refractivity contribution in [3.63, 3.8) is 0 Å². The van der Waals surface area contributed by atoms with Gasteiger partial charge in [0, 0.05) is 12.1 Å². The van der Waals surface area contributed by atoms with Gasteiger partial charge < -0.3 is 20.1 Å². The topological polar surface area (TPSA) is 76.7 Å². The molecule has 1 heterocycles. The summed E-state index contributed by atoms with van der Waals surface area (Å²) in [5.41, 5.74) is 1.70. The van der Waals surface area contributed by atoms with E-state index in [0.717, 1.165) is 5.56 Å². The first-order chi connectivity index (χ1) is 12.5. The Balaban J connectivity index is 1.69. The van der Waals surface area contributed by atoms with Crippen molar-refractivity contribution in [2.75, 3.05) is 12.1 Å². The Hall–Kier alpha value is -3.28. The van der Waals surface area contributed by atoms with Crippen molar-refractivity contribution in [3.05, 3.63) is 59.7 Å². The van der Waals surface area contributed by atoms with E-state index >= 15 is 0 Å². The van der Waals surface area contributed by atoms with Crippen LogP contribution in [0.2, 0.25) is 0 Å². The Morgan fingerprint density at radius 1 is 1.08 bits per heavy atom. The van der Waals surface area contributed by atoms with Gasteiger partial charge in [0.25, 0.3) is 5.91 Å². The zero-order chi connectivity index (χ0) is 18.5. The Morgan fingerprint density at radius 2 is 1.85 bits per heavy atom. The number of carbonyl (C=O) groups is 2. The Labute approximate surface area is 151 Å². The molecule has 3 rings (SSSR count). The van der Waals surface area contributed by atoms with Crippen LogP contribution >= 0.6 is 0 Å². The first-order valence-corrected chi connectivity index (χ1v) is 8.31. The van der Waals surface area contributed by atoms with E-state index in [4.69, 9.17) is 9.47 Å². The highest BCUT2D eigenvalue weighted by Crippen LogP contribution is 2.32. The first kappa shape index (κ1) is 17.5. The largest absolute Gasteiger partial charge is 0.454 e. The minimum atomic E-state index is -0.326. The molecular weight excluding hydrogens is 332 g/mol. The van der Waals surface area contributed by atoms with Crippen LogP contribution in [0.3, 0.4) is 0 Å². The van der Waals surface area contributed by atoms with Crippen molar-refractivity contribution in [2.45, 2.75) is 19.9 Å². The lowest BCUT2D eigenvalue weighted by Crippen LogP contribution is -2.30. The second kappa shape index (κ2) is 7.74. The Bertz CT molecular complexity index is 859. The van der Waals surface area contributed by atoms with E-state index in [-0.39, 0.29) is 24.6 Å². The number of anilines is 1. The number of rotatable bonds is 5. The number of amides is 2. The number of fused-ring (bicyclic) bond motifs is 1. The van der Waals surface area contributed by atoms with E-state index in [1.54, 1.807) is 42.5 Å². The SMILES string of the molecule is CC(C)NC(=O)c1ccccc1NC(=O)/C=C/c1ccc2c(c1)OCO2. The molecule has 2 aromatic carbocycles. The van der Waals surface area contributed by atoms with Gasteiger partial charge in [-0.2, -0.15) is 0 Å². The maximum Gasteiger partial charge on any atom is 0.253 e. The number of ether oxygens (including phenoxy) is 2. The fourth-order valence-electron chi connectivity index (χ4n) is 2.49. The van der Waals surface area contributed by atoms with Crippen LogP contribution in [-0.2, 0) is 4.79 Å². The molecule has 1 aliphatic rings. The smallest absolute Gasteiger partial charge is 0.253 e. The van der Waals surface area contributed by atoms with Gasteiger partial charge in [-0.25, -0.2) is 0 Å². The van der Waals surface area contributed by atoms with Crippen LogP contribution in [0.4, 0.5) is 5.69 Å². The predicted octanol–water partition coefficient (Wildman–Crippen LogP) is 3.21. The monoisotopic (exact) mass is 352 g/mol. The molecule has 2 amide bonds. The van der Waals surface area contributed by atoms with E-state index in [1.165, 1.54) is 6.08 Å². The lowest BCUT2D eigenvalue weighted by molar-refractivity contribution is -0.111. The Morgan fingerprint density at radius 3 is 2.65 bits per heavy atom. The average molecular weight is 352 g/mol. The van der Waals surface area contributed by atoms with Crippen LogP contribution in [-0.4, -0.2) is 24.6 Å². The highest BCUT2D eigenvalue weighted by atomic mass is 16.7. The lowest BCUT2D eigenvalue weighted by atomic mass is 10.1. The fraction of sp³-hybridized carbons (Fsp3) is 0.200. The number of nitrogens with one attached hydrogen (secondary N) is 2. The van der Waals surface area contributed by atoms with Gasteiger partial charge in [-0.15, -0.1) is 0 Å². The number of hydrogen-bond donors (Lipinski definition) is 2. The van der Waals surface area contributed by atoms with Crippen molar-refractivity contribution in [1.82, 2.24) is 5.32 Å². The van der Waals surface area contributed by atoms with Gasteiger partial charge in [0.15, 0.2) is 11.5 Å². The van der Waals surface area contributed by atoms with Crippen molar-refractivity contribution in [2.24, 2.45) is 0 Å². The summed E-state index contributed by atoms with van der Waals surface area (Å²) in [5, 5.41) is 5.57. The molecule has 0 bridgehead atoms. The maximum atomic E-state index is 12.2. The molecule has 0 spiro atoms. The average Bonchev–Trinajstić information content (AvgIpc) is 3.07. The van der Waals surface area contributed by atoms with Crippen molar-refractivity contribution in [3.8, 4) is 11.5 Å². The molecule has 6 heteroatoms. The van der Waals surface area contributed by atoms with Crippen molar-refractivity contribution in [1.29, 1.82) is 0 Å². The highest BCUT2D eigenvalue weighted by molar-refractivity contribution is 6.07. The number of para-hydroxylation sites is 1. The van der Waals surface area contributed by atoms with Crippen molar-refractivity contribution < 1.29 is 19.1 Å². The summed E-state index contributed by atoms with van der Waals surface area (Å²) >= 11 is 0. The number of hydrogen-bond acceptors (Lipinski definition) is 4. The van der Waals surface area contributed by atoms with E-state index in [9.17, 15) is 9.59 Å². The maximum absolute atomic E-state index is 12.2. The quantitative estimate of drug-likeness (QED) is 0.810.